The summed E-state index contributed by atoms with van der Waals surface area (Å²) in [5.41, 5.74) is 2.36. The molecule has 0 aliphatic rings. The van der Waals surface area contributed by atoms with Crippen molar-refractivity contribution >= 4 is 5.91 Å². The van der Waals surface area contributed by atoms with Crippen LogP contribution in [-0.4, -0.2) is 16.9 Å². The average molecular weight is 258 g/mol. The minimum absolute atomic E-state index is 0.0750. The van der Waals surface area contributed by atoms with Gasteiger partial charge in [0.2, 0.25) is 5.89 Å². The number of carbonyl (C=O) groups is 1. The van der Waals surface area contributed by atoms with Crippen LogP contribution in [0.25, 0.3) is 11.5 Å². The van der Waals surface area contributed by atoms with Crippen LogP contribution >= 0.6 is 0 Å². The van der Waals surface area contributed by atoms with Gasteiger partial charge in [-0.3, -0.25) is 4.79 Å². The highest BCUT2D eigenvalue weighted by Crippen LogP contribution is 2.22. The number of hydrogen-bond acceptors (Lipinski definition) is 3. The molecule has 1 N–H and O–H groups in total. The van der Waals surface area contributed by atoms with E-state index in [0.717, 1.165) is 11.1 Å². The molecule has 2 rings (SSSR count). The first-order valence-electron chi connectivity index (χ1n) is 6.32. The molecule has 1 aromatic carbocycles. The van der Waals surface area contributed by atoms with E-state index in [2.05, 4.69) is 10.3 Å². The second-order valence-corrected chi connectivity index (χ2v) is 4.92. The van der Waals surface area contributed by atoms with Gasteiger partial charge in [-0.05, 0) is 39.8 Å². The summed E-state index contributed by atoms with van der Waals surface area (Å²) >= 11 is 0. The van der Waals surface area contributed by atoms with E-state index in [-0.39, 0.29) is 11.9 Å². The Bertz CT molecular complexity index is 600. The van der Waals surface area contributed by atoms with Gasteiger partial charge < -0.3 is 9.73 Å². The van der Waals surface area contributed by atoms with Gasteiger partial charge in [-0.2, -0.15) is 0 Å². The first-order valence-corrected chi connectivity index (χ1v) is 6.32. The molecule has 0 spiro atoms. The van der Waals surface area contributed by atoms with Gasteiger partial charge in [0, 0.05) is 11.6 Å². The van der Waals surface area contributed by atoms with E-state index in [1.165, 1.54) is 0 Å². The van der Waals surface area contributed by atoms with E-state index in [1.54, 1.807) is 6.92 Å². The van der Waals surface area contributed by atoms with Crippen molar-refractivity contribution < 1.29 is 9.21 Å². The number of hydrogen-bond donors (Lipinski definition) is 1. The number of carbonyl (C=O) groups excluding carboxylic acids is 1. The summed E-state index contributed by atoms with van der Waals surface area (Å²) in [6, 6.07) is 7.92. The van der Waals surface area contributed by atoms with E-state index in [0.29, 0.717) is 17.3 Å². The third-order valence-corrected chi connectivity index (χ3v) is 2.70. The van der Waals surface area contributed by atoms with Crippen molar-refractivity contribution in [2.45, 2.75) is 33.7 Å². The number of nitrogens with zero attached hydrogens (tertiary/aromatic N) is 1. The average Bonchev–Trinajstić information content (AvgIpc) is 2.70. The Balaban J connectivity index is 2.33. The number of amides is 1. The van der Waals surface area contributed by atoms with Crippen molar-refractivity contribution in [2.75, 3.05) is 0 Å². The molecule has 2 aromatic rings. The van der Waals surface area contributed by atoms with Crippen molar-refractivity contribution in [3.05, 3.63) is 41.3 Å². The molecule has 0 saturated carbocycles. The number of oxazole rings is 1. The predicted octanol–water partition coefficient (Wildman–Crippen LogP) is 3.10. The quantitative estimate of drug-likeness (QED) is 0.920. The molecule has 100 valence electrons. The number of aryl methyl sites for hydroxylation is 2. The summed E-state index contributed by atoms with van der Waals surface area (Å²) in [6.45, 7) is 7.58. The van der Waals surface area contributed by atoms with Crippen LogP contribution in [0.2, 0.25) is 0 Å². The lowest BCUT2D eigenvalue weighted by molar-refractivity contribution is 0.0937. The fourth-order valence-electron chi connectivity index (χ4n) is 1.84. The summed E-state index contributed by atoms with van der Waals surface area (Å²) in [4.78, 5) is 16.2. The van der Waals surface area contributed by atoms with Crippen molar-refractivity contribution in [2.24, 2.45) is 0 Å². The molecular weight excluding hydrogens is 240 g/mol. The van der Waals surface area contributed by atoms with Crippen LogP contribution in [0.4, 0.5) is 0 Å². The Hall–Kier alpha value is -2.10. The summed E-state index contributed by atoms with van der Waals surface area (Å²) in [6.07, 6.45) is 0. The van der Waals surface area contributed by atoms with E-state index in [9.17, 15) is 4.79 Å². The van der Waals surface area contributed by atoms with E-state index in [1.807, 2.05) is 45.0 Å². The molecule has 0 atom stereocenters. The number of rotatable bonds is 3. The zero-order valence-corrected chi connectivity index (χ0v) is 11.7. The molecule has 4 heteroatoms. The van der Waals surface area contributed by atoms with Crippen LogP contribution in [-0.2, 0) is 0 Å². The minimum atomic E-state index is -0.199. The van der Waals surface area contributed by atoms with Crippen molar-refractivity contribution in [3.63, 3.8) is 0 Å². The molecule has 0 unspecified atom stereocenters. The lowest BCUT2D eigenvalue weighted by Gasteiger charge is -2.05. The third kappa shape index (κ3) is 3.02. The normalized spacial score (nSPS) is 10.8. The van der Waals surface area contributed by atoms with Crippen molar-refractivity contribution in [3.8, 4) is 11.5 Å². The molecule has 0 bridgehead atoms. The molecule has 0 saturated heterocycles. The third-order valence-electron chi connectivity index (χ3n) is 2.70. The van der Waals surface area contributed by atoms with E-state index in [4.69, 9.17) is 4.42 Å². The highest BCUT2D eigenvalue weighted by atomic mass is 16.4. The predicted molar refractivity (Wildman–Crippen MR) is 74.0 cm³/mol. The number of nitrogens with one attached hydrogen (secondary N) is 1. The van der Waals surface area contributed by atoms with Gasteiger partial charge in [-0.25, -0.2) is 4.98 Å². The summed E-state index contributed by atoms with van der Waals surface area (Å²) < 4.78 is 5.59. The Morgan fingerprint density at radius 3 is 2.68 bits per heavy atom. The first-order chi connectivity index (χ1) is 8.97. The molecular formula is C15H18N2O2. The Morgan fingerprint density at radius 2 is 2.05 bits per heavy atom. The Morgan fingerprint density at radius 1 is 1.32 bits per heavy atom. The summed E-state index contributed by atoms with van der Waals surface area (Å²) in [7, 11) is 0. The highest BCUT2D eigenvalue weighted by molar-refractivity contribution is 5.93. The van der Waals surface area contributed by atoms with Crippen LogP contribution in [0.15, 0.2) is 28.7 Å². The van der Waals surface area contributed by atoms with Crippen LogP contribution in [0.5, 0.6) is 0 Å². The Kier molecular flexibility index (Phi) is 3.69. The first kappa shape index (κ1) is 13.3. The molecule has 19 heavy (non-hydrogen) atoms. The van der Waals surface area contributed by atoms with Gasteiger partial charge >= 0.3 is 0 Å². The van der Waals surface area contributed by atoms with Crippen LogP contribution in [0.1, 0.15) is 35.7 Å². The van der Waals surface area contributed by atoms with Crippen molar-refractivity contribution in [1.29, 1.82) is 0 Å². The molecule has 1 amide bonds. The largest absolute Gasteiger partial charge is 0.441 e. The van der Waals surface area contributed by atoms with E-state index >= 15 is 0 Å². The monoisotopic (exact) mass is 258 g/mol. The fourth-order valence-corrected chi connectivity index (χ4v) is 1.84. The van der Waals surface area contributed by atoms with Gasteiger partial charge in [0.1, 0.15) is 5.76 Å². The van der Waals surface area contributed by atoms with Gasteiger partial charge in [0.05, 0.1) is 0 Å². The number of benzene rings is 1. The van der Waals surface area contributed by atoms with Crippen LogP contribution < -0.4 is 5.32 Å². The number of aromatic nitrogens is 1. The zero-order valence-electron chi connectivity index (χ0n) is 11.7. The molecule has 0 aliphatic carbocycles. The van der Waals surface area contributed by atoms with Gasteiger partial charge in [-0.1, -0.05) is 17.7 Å². The second kappa shape index (κ2) is 5.26. The minimum Gasteiger partial charge on any atom is -0.441 e. The van der Waals surface area contributed by atoms with Crippen LogP contribution in [0.3, 0.4) is 0 Å². The smallest absolute Gasteiger partial charge is 0.273 e. The van der Waals surface area contributed by atoms with Gasteiger partial charge in [0.15, 0.2) is 5.69 Å². The van der Waals surface area contributed by atoms with Gasteiger partial charge in [-0.15, -0.1) is 0 Å². The molecule has 1 heterocycles. The van der Waals surface area contributed by atoms with Gasteiger partial charge in [0.25, 0.3) is 5.91 Å². The zero-order chi connectivity index (χ0) is 14.0. The molecule has 1 aromatic heterocycles. The summed E-state index contributed by atoms with van der Waals surface area (Å²) in [5, 5.41) is 2.81. The maximum Gasteiger partial charge on any atom is 0.273 e. The maximum atomic E-state index is 12.0. The molecule has 4 nitrogen and oxygen atoms in total. The second-order valence-electron chi connectivity index (χ2n) is 4.92. The standard InChI is InChI=1S/C15H18N2O2/c1-9(2)16-14(18)13-11(4)19-15(17-13)12-7-5-6-10(3)8-12/h5-9H,1-4H3,(H,16,18). The fraction of sp³-hybridized carbons (Fsp3) is 0.333. The molecule has 0 aliphatic heterocycles. The summed E-state index contributed by atoms with van der Waals surface area (Å²) in [5.74, 6) is 0.819. The van der Waals surface area contributed by atoms with E-state index < -0.39 is 0 Å². The highest BCUT2D eigenvalue weighted by Gasteiger charge is 2.18. The lowest BCUT2D eigenvalue weighted by Crippen LogP contribution is -2.30. The SMILES string of the molecule is Cc1cccc(-c2nc(C(=O)NC(C)C)c(C)o2)c1. The maximum absolute atomic E-state index is 12.0. The topological polar surface area (TPSA) is 55.1 Å². The molecule has 0 radical (unpaired) electrons. The Labute approximate surface area is 112 Å². The molecule has 0 fully saturated rings. The van der Waals surface area contributed by atoms with Crippen LogP contribution in [0, 0.1) is 13.8 Å². The van der Waals surface area contributed by atoms with Crippen molar-refractivity contribution in [1.82, 2.24) is 10.3 Å². The lowest BCUT2D eigenvalue weighted by atomic mass is 10.1.